The molecule has 8 nitrogen and oxygen atoms in total. The summed E-state index contributed by atoms with van der Waals surface area (Å²) in [6.45, 7) is 1.75. The van der Waals surface area contributed by atoms with Crippen LogP contribution in [0.2, 0.25) is 0 Å². The molecule has 0 radical (unpaired) electrons. The Bertz CT molecular complexity index is 1110. The van der Waals surface area contributed by atoms with Crippen LogP contribution in [0.1, 0.15) is 6.92 Å². The zero-order valence-corrected chi connectivity index (χ0v) is 17.4. The lowest BCUT2D eigenvalue weighted by Crippen LogP contribution is -2.23. The number of thioether (sulfide) groups is 1. The Morgan fingerprint density at radius 1 is 1.24 bits per heavy atom. The van der Waals surface area contributed by atoms with Gasteiger partial charge in [0.25, 0.3) is 0 Å². The van der Waals surface area contributed by atoms with Crippen LogP contribution in [0.3, 0.4) is 0 Å². The second-order valence-corrected chi connectivity index (χ2v) is 8.97. The number of hydrogen-bond acceptors (Lipinski definition) is 6. The molecule has 0 aliphatic rings. The van der Waals surface area contributed by atoms with Crippen LogP contribution in [0.4, 0.5) is 5.69 Å². The number of ether oxygens (including phenoxy) is 1. The molecule has 0 spiro atoms. The minimum absolute atomic E-state index is 0.0642. The highest BCUT2D eigenvalue weighted by atomic mass is 32.2. The minimum Gasteiger partial charge on any atom is -0.497 e. The van der Waals surface area contributed by atoms with E-state index in [-0.39, 0.29) is 10.8 Å². The van der Waals surface area contributed by atoms with Crippen molar-refractivity contribution in [2.75, 3.05) is 12.4 Å². The van der Waals surface area contributed by atoms with Gasteiger partial charge in [0.05, 0.1) is 17.3 Å². The Kier molecular flexibility index (Phi) is 6.26. The van der Waals surface area contributed by atoms with Gasteiger partial charge in [-0.2, -0.15) is 0 Å². The summed E-state index contributed by atoms with van der Waals surface area (Å²) < 4.78 is 30.0. The maximum Gasteiger partial charge on any atom is 0.238 e. The van der Waals surface area contributed by atoms with Crippen molar-refractivity contribution in [3.05, 3.63) is 60.9 Å². The molecule has 0 fully saturated rings. The lowest BCUT2D eigenvalue weighted by atomic mass is 10.3. The van der Waals surface area contributed by atoms with Crippen molar-refractivity contribution in [1.82, 2.24) is 9.55 Å². The van der Waals surface area contributed by atoms with Gasteiger partial charge in [-0.15, -0.1) is 0 Å². The maximum absolute atomic E-state index is 12.6. The van der Waals surface area contributed by atoms with E-state index in [0.29, 0.717) is 10.8 Å². The highest BCUT2D eigenvalue weighted by Crippen LogP contribution is 2.26. The first-order valence-corrected chi connectivity index (χ1v) is 11.0. The summed E-state index contributed by atoms with van der Waals surface area (Å²) in [5, 5.41) is 8.01. The first kappa shape index (κ1) is 20.9. The van der Waals surface area contributed by atoms with Gasteiger partial charge in [-0.25, -0.2) is 18.5 Å². The molecule has 1 aromatic heterocycles. The first-order chi connectivity index (χ1) is 13.8. The van der Waals surface area contributed by atoms with E-state index in [4.69, 9.17) is 9.88 Å². The highest BCUT2D eigenvalue weighted by Gasteiger charge is 2.19. The van der Waals surface area contributed by atoms with Crippen LogP contribution >= 0.6 is 11.8 Å². The molecule has 2 aromatic carbocycles. The second kappa shape index (κ2) is 8.68. The summed E-state index contributed by atoms with van der Waals surface area (Å²) in [6, 6.07) is 13.3. The number of aromatic nitrogens is 2. The standard InChI is InChI=1S/C19H20N4O4S2/c1-13(18(24)22-14-4-3-5-17(12-14)29(20,25)26)28-19-21-10-11-23(19)15-6-8-16(27-2)9-7-15/h3-13H,1-2H3,(H,22,24)(H2,20,25,26). The quantitative estimate of drug-likeness (QED) is 0.555. The van der Waals surface area contributed by atoms with Crippen LogP contribution in [-0.2, 0) is 14.8 Å². The number of rotatable bonds is 7. The molecule has 0 saturated heterocycles. The molecular weight excluding hydrogens is 412 g/mol. The monoisotopic (exact) mass is 432 g/mol. The number of nitrogens with two attached hydrogens (primary N) is 1. The Balaban J connectivity index is 1.72. The number of hydrogen-bond donors (Lipinski definition) is 2. The number of imidazole rings is 1. The third-order valence-corrected chi connectivity index (χ3v) is 6.03. The van der Waals surface area contributed by atoms with Gasteiger partial charge in [0.1, 0.15) is 5.75 Å². The summed E-state index contributed by atoms with van der Waals surface area (Å²) in [4.78, 5) is 16.8. The normalized spacial score (nSPS) is 12.4. The fraction of sp³-hybridized carbons (Fsp3) is 0.158. The van der Waals surface area contributed by atoms with Gasteiger partial charge in [-0.1, -0.05) is 17.8 Å². The molecule has 0 aliphatic heterocycles. The van der Waals surface area contributed by atoms with Crippen molar-refractivity contribution in [2.24, 2.45) is 5.14 Å². The van der Waals surface area contributed by atoms with Gasteiger partial charge in [-0.3, -0.25) is 9.36 Å². The molecule has 3 rings (SSSR count). The minimum atomic E-state index is -3.84. The number of sulfonamides is 1. The largest absolute Gasteiger partial charge is 0.497 e. The van der Waals surface area contributed by atoms with Crippen molar-refractivity contribution in [2.45, 2.75) is 22.2 Å². The molecule has 3 aromatic rings. The predicted molar refractivity (Wildman–Crippen MR) is 112 cm³/mol. The third-order valence-electron chi connectivity index (χ3n) is 4.04. The topological polar surface area (TPSA) is 116 Å². The average molecular weight is 433 g/mol. The van der Waals surface area contributed by atoms with Crippen LogP contribution in [0.25, 0.3) is 5.69 Å². The molecule has 1 unspecified atom stereocenters. The molecule has 0 aliphatic carbocycles. The van der Waals surface area contributed by atoms with Gasteiger partial charge in [0.2, 0.25) is 15.9 Å². The van der Waals surface area contributed by atoms with Gasteiger partial charge < -0.3 is 10.1 Å². The van der Waals surface area contributed by atoms with Crippen LogP contribution in [0.5, 0.6) is 5.75 Å². The van der Waals surface area contributed by atoms with Gasteiger partial charge in [0.15, 0.2) is 5.16 Å². The molecule has 1 heterocycles. The van der Waals surface area contributed by atoms with E-state index in [1.807, 2.05) is 35.0 Å². The summed E-state index contributed by atoms with van der Waals surface area (Å²) >= 11 is 1.28. The first-order valence-electron chi connectivity index (χ1n) is 8.56. The molecule has 0 saturated carbocycles. The van der Waals surface area contributed by atoms with Crippen molar-refractivity contribution in [3.8, 4) is 11.4 Å². The number of primary sulfonamides is 1. The molecular formula is C19H20N4O4S2. The van der Waals surface area contributed by atoms with Crippen LogP contribution in [-0.4, -0.2) is 36.2 Å². The predicted octanol–water partition coefficient (Wildman–Crippen LogP) is 2.65. The van der Waals surface area contributed by atoms with E-state index in [1.165, 1.54) is 30.0 Å². The van der Waals surface area contributed by atoms with E-state index < -0.39 is 15.3 Å². The number of carbonyl (C=O) groups excluding carboxylic acids is 1. The third kappa shape index (κ3) is 5.17. The van der Waals surface area contributed by atoms with Crippen LogP contribution < -0.4 is 15.2 Å². The summed E-state index contributed by atoms with van der Waals surface area (Å²) in [5.74, 6) is 0.461. The molecule has 0 bridgehead atoms. The van der Waals surface area contributed by atoms with Crippen molar-refractivity contribution < 1.29 is 17.9 Å². The van der Waals surface area contributed by atoms with Crippen LogP contribution in [0.15, 0.2) is 71.0 Å². The maximum atomic E-state index is 12.6. The Labute approximate surface area is 173 Å². The van der Waals surface area contributed by atoms with Gasteiger partial charge >= 0.3 is 0 Å². The Hall–Kier alpha value is -2.82. The van der Waals surface area contributed by atoms with Crippen molar-refractivity contribution >= 4 is 33.4 Å². The van der Waals surface area contributed by atoms with E-state index >= 15 is 0 Å². The molecule has 1 amide bonds. The number of methoxy groups -OCH3 is 1. The van der Waals surface area contributed by atoms with Crippen LogP contribution in [0, 0.1) is 0 Å². The van der Waals surface area contributed by atoms with Crippen molar-refractivity contribution in [1.29, 1.82) is 0 Å². The van der Waals surface area contributed by atoms with E-state index in [2.05, 4.69) is 10.3 Å². The van der Waals surface area contributed by atoms with E-state index in [9.17, 15) is 13.2 Å². The molecule has 1 atom stereocenters. The molecule has 29 heavy (non-hydrogen) atoms. The zero-order valence-electron chi connectivity index (χ0n) is 15.8. The highest BCUT2D eigenvalue weighted by molar-refractivity contribution is 8.00. The molecule has 10 heteroatoms. The number of nitrogens with one attached hydrogen (secondary N) is 1. The number of carbonyl (C=O) groups is 1. The number of anilines is 1. The Morgan fingerprint density at radius 2 is 1.97 bits per heavy atom. The fourth-order valence-corrected chi connectivity index (χ4v) is 3.97. The van der Waals surface area contributed by atoms with Gasteiger partial charge in [-0.05, 0) is 49.4 Å². The van der Waals surface area contributed by atoms with E-state index in [1.54, 1.807) is 26.3 Å². The molecule has 3 N–H and O–H groups in total. The lowest BCUT2D eigenvalue weighted by molar-refractivity contribution is -0.115. The molecule has 152 valence electrons. The number of amides is 1. The smallest absolute Gasteiger partial charge is 0.238 e. The summed E-state index contributed by atoms with van der Waals surface area (Å²) in [6.07, 6.45) is 3.47. The Morgan fingerprint density at radius 3 is 2.62 bits per heavy atom. The summed E-state index contributed by atoms with van der Waals surface area (Å²) in [5.41, 5.74) is 1.24. The summed E-state index contributed by atoms with van der Waals surface area (Å²) in [7, 11) is -2.24. The SMILES string of the molecule is COc1ccc(-n2ccnc2SC(C)C(=O)Nc2cccc(S(N)(=O)=O)c2)cc1. The zero-order chi connectivity index (χ0) is 21.0. The average Bonchev–Trinajstić information content (AvgIpc) is 3.15. The second-order valence-electron chi connectivity index (χ2n) is 6.10. The number of benzene rings is 2. The van der Waals surface area contributed by atoms with Gasteiger partial charge in [0, 0.05) is 23.8 Å². The fourth-order valence-electron chi connectivity index (χ4n) is 2.52. The van der Waals surface area contributed by atoms with Crippen molar-refractivity contribution in [3.63, 3.8) is 0 Å². The number of nitrogens with zero attached hydrogens (tertiary/aromatic N) is 2. The lowest BCUT2D eigenvalue weighted by Gasteiger charge is -2.14. The van der Waals surface area contributed by atoms with E-state index in [0.717, 1.165) is 11.4 Å².